The molecular weight excluding hydrogens is 264 g/mol. The summed E-state index contributed by atoms with van der Waals surface area (Å²) in [5, 5.41) is 4.21. The first kappa shape index (κ1) is 15.6. The molecule has 4 heteroatoms. The molecule has 0 spiro atoms. The number of fused-ring (bicyclic) bond motifs is 1. The Labute approximate surface area is 125 Å². The van der Waals surface area contributed by atoms with Gasteiger partial charge in [0.05, 0.1) is 6.61 Å². The smallest absolute Gasteiger partial charge is 0.220 e. The summed E-state index contributed by atoms with van der Waals surface area (Å²) < 4.78 is 5.29. The minimum absolute atomic E-state index is 0.0746. The Morgan fingerprint density at radius 1 is 1.38 bits per heavy atom. The summed E-state index contributed by atoms with van der Waals surface area (Å²) in [6.07, 6.45) is 4.36. The Morgan fingerprint density at radius 3 is 3.00 bits per heavy atom. The molecule has 4 nitrogen and oxygen atoms in total. The predicted molar refractivity (Wildman–Crippen MR) is 85.3 cm³/mol. The third-order valence-electron chi connectivity index (χ3n) is 3.50. The van der Waals surface area contributed by atoms with E-state index in [9.17, 15) is 4.79 Å². The van der Waals surface area contributed by atoms with Crippen LogP contribution >= 0.6 is 0 Å². The molecule has 0 aliphatic carbocycles. The lowest BCUT2D eigenvalue weighted by Gasteiger charge is -2.13. The van der Waals surface area contributed by atoms with Crippen LogP contribution in [0.15, 0.2) is 30.5 Å². The van der Waals surface area contributed by atoms with Gasteiger partial charge in [0.25, 0.3) is 0 Å². The van der Waals surface area contributed by atoms with Gasteiger partial charge in [-0.25, -0.2) is 0 Å². The first-order chi connectivity index (χ1) is 10.2. The molecule has 0 saturated carbocycles. The first-order valence-electron chi connectivity index (χ1n) is 7.62. The van der Waals surface area contributed by atoms with Crippen LogP contribution in [-0.2, 0) is 16.0 Å². The van der Waals surface area contributed by atoms with Gasteiger partial charge in [0.2, 0.25) is 5.91 Å². The molecule has 0 aliphatic heterocycles. The highest BCUT2D eigenvalue weighted by molar-refractivity contribution is 5.83. The van der Waals surface area contributed by atoms with Crippen LogP contribution in [0.2, 0.25) is 0 Å². The van der Waals surface area contributed by atoms with Crippen LogP contribution in [0.5, 0.6) is 0 Å². The fourth-order valence-corrected chi connectivity index (χ4v) is 2.46. The standard InChI is InChI=1S/C17H24N2O2/c1-3-21-12-13(2)19-17(20)10-6-7-14-11-18-16-9-5-4-8-15(14)16/h4-5,8-9,11,13,18H,3,6-7,10,12H2,1-2H3,(H,19,20). The molecular formula is C17H24N2O2. The van der Waals surface area contributed by atoms with Crippen LogP contribution in [0.1, 0.15) is 32.3 Å². The van der Waals surface area contributed by atoms with Gasteiger partial charge in [0, 0.05) is 36.2 Å². The summed E-state index contributed by atoms with van der Waals surface area (Å²) in [7, 11) is 0. The summed E-state index contributed by atoms with van der Waals surface area (Å²) in [4.78, 5) is 15.1. The van der Waals surface area contributed by atoms with E-state index >= 15 is 0 Å². The average Bonchev–Trinajstić information content (AvgIpc) is 2.88. The van der Waals surface area contributed by atoms with Gasteiger partial charge in [-0.2, -0.15) is 0 Å². The Balaban J connectivity index is 1.75. The highest BCUT2D eigenvalue weighted by Gasteiger charge is 2.08. The molecule has 114 valence electrons. The monoisotopic (exact) mass is 288 g/mol. The zero-order valence-electron chi connectivity index (χ0n) is 12.8. The summed E-state index contributed by atoms with van der Waals surface area (Å²) in [5.74, 6) is 0.0991. The molecule has 0 fully saturated rings. The van der Waals surface area contributed by atoms with Gasteiger partial charge in [-0.3, -0.25) is 4.79 Å². The van der Waals surface area contributed by atoms with Crippen LogP contribution in [0.4, 0.5) is 0 Å². The van der Waals surface area contributed by atoms with Crippen molar-refractivity contribution in [2.45, 2.75) is 39.2 Å². The summed E-state index contributed by atoms with van der Waals surface area (Å²) in [6.45, 7) is 5.18. The highest BCUT2D eigenvalue weighted by atomic mass is 16.5. The van der Waals surface area contributed by atoms with Crippen LogP contribution in [0, 0.1) is 0 Å². The Kier molecular flexibility index (Phi) is 5.81. The van der Waals surface area contributed by atoms with Crippen molar-refractivity contribution < 1.29 is 9.53 Å². The third-order valence-corrected chi connectivity index (χ3v) is 3.50. The van der Waals surface area contributed by atoms with Gasteiger partial charge >= 0.3 is 0 Å². The fourth-order valence-electron chi connectivity index (χ4n) is 2.46. The van der Waals surface area contributed by atoms with Crippen LogP contribution in [0.3, 0.4) is 0 Å². The maximum absolute atomic E-state index is 11.8. The van der Waals surface area contributed by atoms with Gasteiger partial charge in [0.15, 0.2) is 0 Å². The second-order valence-corrected chi connectivity index (χ2v) is 5.34. The van der Waals surface area contributed by atoms with E-state index in [0.29, 0.717) is 19.6 Å². The van der Waals surface area contributed by atoms with Crippen LogP contribution in [0.25, 0.3) is 10.9 Å². The lowest BCUT2D eigenvalue weighted by Crippen LogP contribution is -2.35. The van der Waals surface area contributed by atoms with E-state index in [1.54, 1.807) is 0 Å². The number of nitrogens with one attached hydrogen (secondary N) is 2. The number of aromatic amines is 1. The van der Waals surface area contributed by atoms with E-state index in [-0.39, 0.29) is 11.9 Å². The zero-order valence-corrected chi connectivity index (χ0v) is 12.8. The number of ether oxygens (including phenoxy) is 1. The minimum atomic E-state index is 0.0746. The Bertz CT molecular complexity index is 577. The molecule has 21 heavy (non-hydrogen) atoms. The SMILES string of the molecule is CCOCC(C)NC(=O)CCCc1c[nH]c2ccccc12. The largest absolute Gasteiger partial charge is 0.380 e. The molecule has 1 amide bonds. The summed E-state index contributed by atoms with van der Waals surface area (Å²) in [6, 6.07) is 8.33. The molecule has 2 rings (SSSR count). The fraction of sp³-hybridized carbons (Fsp3) is 0.471. The molecule has 1 aromatic carbocycles. The molecule has 0 bridgehead atoms. The third kappa shape index (κ3) is 4.60. The molecule has 1 heterocycles. The second-order valence-electron chi connectivity index (χ2n) is 5.34. The first-order valence-corrected chi connectivity index (χ1v) is 7.62. The number of amides is 1. The van der Waals surface area contributed by atoms with Gasteiger partial charge in [-0.15, -0.1) is 0 Å². The number of rotatable bonds is 8. The van der Waals surface area contributed by atoms with E-state index in [4.69, 9.17) is 4.74 Å². The minimum Gasteiger partial charge on any atom is -0.380 e. The topological polar surface area (TPSA) is 54.1 Å². The molecule has 1 aromatic heterocycles. The van der Waals surface area contributed by atoms with Crippen molar-refractivity contribution in [3.63, 3.8) is 0 Å². The number of carbonyl (C=O) groups excluding carboxylic acids is 1. The van der Waals surface area contributed by atoms with Gasteiger partial charge in [-0.05, 0) is 38.3 Å². The maximum atomic E-state index is 11.8. The van der Waals surface area contributed by atoms with Crippen LogP contribution < -0.4 is 5.32 Å². The van der Waals surface area contributed by atoms with E-state index in [1.165, 1.54) is 10.9 Å². The number of H-pyrrole nitrogens is 1. The lowest BCUT2D eigenvalue weighted by atomic mass is 10.1. The van der Waals surface area contributed by atoms with E-state index in [2.05, 4.69) is 22.4 Å². The number of hydrogen-bond donors (Lipinski definition) is 2. The highest BCUT2D eigenvalue weighted by Crippen LogP contribution is 2.19. The average molecular weight is 288 g/mol. The van der Waals surface area contributed by atoms with Crippen molar-refractivity contribution in [1.29, 1.82) is 0 Å². The van der Waals surface area contributed by atoms with Crippen molar-refractivity contribution in [2.75, 3.05) is 13.2 Å². The van der Waals surface area contributed by atoms with Gasteiger partial charge in [0.1, 0.15) is 0 Å². The number of benzene rings is 1. The second kappa shape index (κ2) is 7.84. The number of hydrogen-bond acceptors (Lipinski definition) is 2. The number of para-hydroxylation sites is 1. The number of aromatic nitrogens is 1. The lowest BCUT2D eigenvalue weighted by molar-refractivity contribution is -0.122. The molecule has 1 unspecified atom stereocenters. The van der Waals surface area contributed by atoms with Crippen molar-refractivity contribution >= 4 is 16.8 Å². The van der Waals surface area contributed by atoms with E-state index in [0.717, 1.165) is 18.4 Å². The molecule has 2 N–H and O–H groups in total. The number of aryl methyl sites for hydroxylation is 1. The van der Waals surface area contributed by atoms with Crippen molar-refractivity contribution in [3.05, 3.63) is 36.0 Å². The predicted octanol–water partition coefficient (Wildman–Crippen LogP) is 3.03. The molecule has 1 atom stereocenters. The zero-order chi connectivity index (χ0) is 15.1. The molecule has 0 radical (unpaired) electrons. The van der Waals surface area contributed by atoms with Crippen molar-refractivity contribution in [1.82, 2.24) is 10.3 Å². The van der Waals surface area contributed by atoms with Crippen molar-refractivity contribution in [2.24, 2.45) is 0 Å². The van der Waals surface area contributed by atoms with Gasteiger partial charge in [-0.1, -0.05) is 18.2 Å². The normalized spacial score (nSPS) is 12.5. The summed E-state index contributed by atoms with van der Waals surface area (Å²) in [5.41, 5.74) is 2.43. The Morgan fingerprint density at radius 2 is 2.19 bits per heavy atom. The molecule has 0 saturated heterocycles. The Hall–Kier alpha value is -1.81. The molecule has 0 aliphatic rings. The number of carbonyl (C=O) groups is 1. The maximum Gasteiger partial charge on any atom is 0.220 e. The van der Waals surface area contributed by atoms with E-state index < -0.39 is 0 Å². The van der Waals surface area contributed by atoms with E-state index in [1.807, 2.05) is 32.2 Å². The quantitative estimate of drug-likeness (QED) is 0.784. The molecule has 2 aromatic rings. The van der Waals surface area contributed by atoms with Crippen LogP contribution in [-0.4, -0.2) is 30.1 Å². The van der Waals surface area contributed by atoms with Crippen molar-refractivity contribution in [3.8, 4) is 0 Å². The summed E-state index contributed by atoms with van der Waals surface area (Å²) >= 11 is 0. The van der Waals surface area contributed by atoms with Gasteiger partial charge < -0.3 is 15.0 Å².